The van der Waals surface area contributed by atoms with Gasteiger partial charge in [-0.2, -0.15) is 0 Å². The van der Waals surface area contributed by atoms with E-state index in [0.29, 0.717) is 22.3 Å². The van der Waals surface area contributed by atoms with Crippen molar-refractivity contribution in [1.29, 1.82) is 0 Å². The highest BCUT2D eigenvalue weighted by atomic mass is 35.5. The summed E-state index contributed by atoms with van der Waals surface area (Å²) in [6, 6.07) is 16.4. The predicted octanol–water partition coefficient (Wildman–Crippen LogP) is 4.39. The molecule has 1 amide bonds. The molecule has 136 valence electrons. The number of fused-ring (bicyclic) bond motifs is 1. The van der Waals surface area contributed by atoms with E-state index >= 15 is 0 Å². The number of halogens is 1. The normalized spacial score (nSPS) is 11.9. The maximum Gasteiger partial charge on any atom is 0.231 e. The van der Waals surface area contributed by atoms with E-state index in [1.165, 1.54) is 0 Å². The molecule has 0 saturated carbocycles. The predicted molar refractivity (Wildman–Crippen MR) is 104 cm³/mol. The summed E-state index contributed by atoms with van der Waals surface area (Å²) in [6.45, 7) is 0.238. The summed E-state index contributed by atoms with van der Waals surface area (Å²) in [6.07, 6.45) is 1.88. The Morgan fingerprint density at radius 3 is 2.56 bits per heavy atom. The molecule has 0 radical (unpaired) electrons. The van der Waals surface area contributed by atoms with Crippen LogP contribution in [0.2, 0.25) is 5.02 Å². The van der Waals surface area contributed by atoms with E-state index in [1.807, 2.05) is 30.3 Å². The molecule has 0 spiro atoms. The van der Waals surface area contributed by atoms with Crippen LogP contribution in [0.5, 0.6) is 11.5 Å². The number of benzene rings is 2. The highest BCUT2D eigenvalue weighted by Crippen LogP contribution is 2.34. The van der Waals surface area contributed by atoms with Crippen LogP contribution in [0.15, 0.2) is 60.8 Å². The molecule has 0 atom stereocenters. The van der Waals surface area contributed by atoms with E-state index in [1.54, 1.807) is 30.5 Å². The lowest BCUT2D eigenvalue weighted by atomic mass is 10.1. The first-order chi connectivity index (χ1) is 13.2. The minimum absolute atomic E-state index is 0.115. The van der Waals surface area contributed by atoms with Gasteiger partial charge in [0.15, 0.2) is 11.5 Å². The second-order valence-electron chi connectivity index (χ2n) is 5.98. The Morgan fingerprint density at radius 2 is 1.78 bits per heavy atom. The number of aromatic nitrogens is 1. The number of carbonyl (C=O) groups excluding carboxylic acids is 1. The SMILES string of the molecule is O=C(Cc1ccc(Cl)cc1)Nc1ccc(Nc2ccc3c(c2)OCO3)nc1. The van der Waals surface area contributed by atoms with Gasteiger partial charge in [-0.25, -0.2) is 4.98 Å². The molecule has 7 heteroatoms. The van der Waals surface area contributed by atoms with Crippen LogP contribution in [-0.4, -0.2) is 17.7 Å². The third-order valence-electron chi connectivity index (χ3n) is 3.97. The van der Waals surface area contributed by atoms with E-state index in [2.05, 4.69) is 15.6 Å². The molecule has 0 fully saturated rings. The largest absolute Gasteiger partial charge is 0.454 e. The number of nitrogens with zero attached hydrogens (tertiary/aromatic N) is 1. The lowest BCUT2D eigenvalue weighted by molar-refractivity contribution is -0.115. The highest BCUT2D eigenvalue weighted by molar-refractivity contribution is 6.30. The number of nitrogens with one attached hydrogen (secondary N) is 2. The Bertz CT molecular complexity index is 959. The summed E-state index contributed by atoms with van der Waals surface area (Å²) in [5, 5.41) is 6.67. The fourth-order valence-electron chi connectivity index (χ4n) is 2.66. The number of ether oxygens (including phenoxy) is 2. The minimum atomic E-state index is -0.115. The third-order valence-corrected chi connectivity index (χ3v) is 4.22. The van der Waals surface area contributed by atoms with Crippen LogP contribution in [0.4, 0.5) is 17.2 Å². The fraction of sp³-hybridized carbons (Fsp3) is 0.100. The average Bonchev–Trinajstić information content (AvgIpc) is 3.13. The first-order valence-electron chi connectivity index (χ1n) is 8.33. The van der Waals surface area contributed by atoms with Gasteiger partial charge in [0.25, 0.3) is 0 Å². The van der Waals surface area contributed by atoms with Gasteiger partial charge >= 0.3 is 0 Å². The summed E-state index contributed by atoms with van der Waals surface area (Å²) in [5.74, 6) is 1.97. The number of hydrogen-bond acceptors (Lipinski definition) is 5. The van der Waals surface area contributed by atoms with Crippen molar-refractivity contribution in [2.24, 2.45) is 0 Å². The molecule has 0 saturated heterocycles. The molecule has 1 aliphatic heterocycles. The first kappa shape index (κ1) is 17.2. The van der Waals surface area contributed by atoms with E-state index in [-0.39, 0.29) is 19.1 Å². The van der Waals surface area contributed by atoms with Crippen LogP contribution in [0.1, 0.15) is 5.56 Å². The van der Waals surface area contributed by atoms with Crippen LogP contribution < -0.4 is 20.1 Å². The Balaban J connectivity index is 1.35. The number of hydrogen-bond donors (Lipinski definition) is 2. The summed E-state index contributed by atoms with van der Waals surface area (Å²) in [5.41, 5.74) is 2.36. The zero-order valence-electron chi connectivity index (χ0n) is 14.2. The summed E-state index contributed by atoms with van der Waals surface area (Å²) in [7, 11) is 0. The van der Waals surface area contributed by atoms with Crippen molar-refractivity contribution in [2.75, 3.05) is 17.4 Å². The number of carbonyl (C=O) groups is 1. The lowest BCUT2D eigenvalue weighted by Crippen LogP contribution is -2.14. The Kier molecular flexibility index (Phi) is 4.80. The van der Waals surface area contributed by atoms with Crippen molar-refractivity contribution in [1.82, 2.24) is 4.98 Å². The van der Waals surface area contributed by atoms with Crippen molar-refractivity contribution in [3.05, 3.63) is 71.4 Å². The van der Waals surface area contributed by atoms with Gasteiger partial charge < -0.3 is 20.1 Å². The quantitative estimate of drug-likeness (QED) is 0.685. The first-order valence-corrected chi connectivity index (χ1v) is 8.70. The van der Waals surface area contributed by atoms with E-state index < -0.39 is 0 Å². The van der Waals surface area contributed by atoms with E-state index in [9.17, 15) is 4.79 Å². The molecule has 2 heterocycles. The number of rotatable bonds is 5. The topological polar surface area (TPSA) is 72.5 Å². The van der Waals surface area contributed by atoms with Crippen LogP contribution in [0, 0.1) is 0 Å². The second-order valence-corrected chi connectivity index (χ2v) is 6.41. The van der Waals surface area contributed by atoms with E-state index in [4.69, 9.17) is 21.1 Å². The maximum atomic E-state index is 12.1. The molecule has 27 heavy (non-hydrogen) atoms. The molecule has 4 rings (SSSR count). The Hall–Kier alpha value is -3.25. The molecule has 2 N–H and O–H groups in total. The Labute approximate surface area is 161 Å². The van der Waals surface area contributed by atoms with Gasteiger partial charge in [-0.15, -0.1) is 0 Å². The van der Waals surface area contributed by atoms with Crippen molar-refractivity contribution in [2.45, 2.75) is 6.42 Å². The number of pyridine rings is 1. The van der Waals surface area contributed by atoms with Gasteiger partial charge in [0, 0.05) is 16.8 Å². The van der Waals surface area contributed by atoms with Gasteiger partial charge in [-0.1, -0.05) is 23.7 Å². The molecule has 3 aromatic rings. The maximum absolute atomic E-state index is 12.1. The van der Waals surface area contributed by atoms with Crippen LogP contribution in [0.3, 0.4) is 0 Å². The molecule has 1 aromatic heterocycles. The van der Waals surface area contributed by atoms with Crippen LogP contribution in [0.25, 0.3) is 0 Å². The molecular formula is C20H16ClN3O3. The molecule has 0 unspecified atom stereocenters. The average molecular weight is 382 g/mol. The molecule has 2 aromatic carbocycles. The standard InChI is InChI=1S/C20H16ClN3O3/c21-14-3-1-13(2-4-14)9-20(25)24-16-6-8-19(22-11-16)23-15-5-7-17-18(10-15)27-12-26-17/h1-8,10-11H,9,12H2,(H,22,23)(H,24,25). The van der Waals surface area contributed by atoms with Gasteiger partial charge in [0.2, 0.25) is 12.7 Å². The van der Waals surface area contributed by atoms with Gasteiger partial charge in [0.05, 0.1) is 18.3 Å². The molecule has 0 aliphatic carbocycles. The zero-order valence-corrected chi connectivity index (χ0v) is 15.0. The van der Waals surface area contributed by atoms with Crippen molar-refractivity contribution in [3.63, 3.8) is 0 Å². The van der Waals surface area contributed by atoms with Gasteiger partial charge in [-0.05, 0) is 42.0 Å². The zero-order chi connectivity index (χ0) is 18.6. The Morgan fingerprint density at radius 1 is 1.00 bits per heavy atom. The van der Waals surface area contributed by atoms with E-state index in [0.717, 1.165) is 17.0 Å². The van der Waals surface area contributed by atoms with Crippen molar-refractivity contribution >= 4 is 34.7 Å². The van der Waals surface area contributed by atoms with Crippen molar-refractivity contribution < 1.29 is 14.3 Å². The highest BCUT2D eigenvalue weighted by Gasteiger charge is 2.13. The third kappa shape index (κ3) is 4.30. The molecule has 1 aliphatic rings. The molecule has 6 nitrogen and oxygen atoms in total. The monoisotopic (exact) mass is 381 g/mol. The smallest absolute Gasteiger partial charge is 0.231 e. The van der Waals surface area contributed by atoms with Gasteiger partial charge in [-0.3, -0.25) is 4.79 Å². The lowest BCUT2D eigenvalue weighted by Gasteiger charge is -2.08. The second kappa shape index (κ2) is 7.55. The van der Waals surface area contributed by atoms with Gasteiger partial charge in [0.1, 0.15) is 5.82 Å². The summed E-state index contributed by atoms with van der Waals surface area (Å²) >= 11 is 5.85. The van der Waals surface area contributed by atoms with Crippen molar-refractivity contribution in [3.8, 4) is 11.5 Å². The molecular weight excluding hydrogens is 366 g/mol. The fourth-order valence-corrected chi connectivity index (χ4v) is 2.78. The number of anilines is 3. The molecule has 0 bridgehead atoms. The summed E-state index contributed by atoms with van der Waals surface area (Å²) in [4.78, 5) is 16.5. The number of amides is 1. The minimum Gasteiger partial charge on any atom is -0.454 e. The van der Waals surface area contributed by atoms with Crippen LogP contribution in [-0.2, 0) is 11.2 Å². The summed E-state index contributed by atoms with van der Waals surface area (Å²) < 4.78 is 10.6. The van der Waals surface area contributed by atoms with Crippen LogP contribution >= 0.6 is 11.6 Å².